The maximum absolute atomic E-state index is 4.49. The predicted octanol–water partition coefficient (Wildman–Crippen LogP) is 2.66. The van der Waals surface area contributed by atoms with E-state index in [-0.39, 0.29) is 24.0 Å². The third-order valence-electron chi connectivity index (χ3n) is 3.56. The van der Waals surface area contributed by atoms with Gasteiger partial charge in [-0.05, 0) is 31.9 Å². The molecule has 2 rings (SSSR count). The quantitative estimate of drug-likeness (QED) is 0.437. The molecule has 23 heavy (non-hydrogen) atoms. The van der Waals surface area contributed by atoms with Crippen LogP contribution in [0.2, 0.25) is 0 Å². The molecule has 1 unspecified atom stereocenters. The van der Waals surface area contributed by atoms with Crippen molar-refractivity contribution in [2.24, 2.45) is 4.99 Å². The van der Waals surface area contributed by atoms with Gasteiger partial charge >= 0.3 is 0 Å². The number of hydrogen-bond acceptors (Lipinski definition) is 3. The largest absolute Gasteiger partial charge is 0.354 e. The number of aliphatic imine (C=N–C) groups is 1. The van der Waals surface area contributed by atoms with Crippen LogP contribution in [0.25, 0.3) is 5.82 Å². The third kappa shape index (κ3) is 5.49. The Balaban J connectivity index is 0.00000264. The summed E-state index contributed by atoms with van der Waals surface area (Å²) in [4.78, 5) is 12.9. The van der Waals surface area contributed by atoms with E-state index in [1.807, 2.05) is 30.0 Å². The minimum absolute atomic E-state index is 0. The number of nitrogens with zero attached hydrogens (tertiary/aromatic N) is 4. The molecule has 2 aromatic heterocycles. The van der Waals surface area contributed by atoms with Gasteiger partial charge < -0.3 is 10.6 Å². The van der Waals surface area contributed by atoms with Crippen molar-refractivity contribution in [3.63, 3.8) is 0 Å². The van der Waals surface area contributed by atoms with Gasteiger partial charge in [0, 0.05) is 38.2 Å². The van der Waals surface area contributed by atoms with Crippen molar-refractivity contribution in [2.45, 2.75) is 39.8 Å². The lowest BCUT2D eigenvalue weighted by atomic mass is 10.2. The Morgan fingerprint density at radius 2 is 2.13 bits per heavy atom. The first kappa shape index (κ1) is 19.4. The molecular weight excluding hydrogens is 403 g/mol. The maximum atomic E-state index is 4.49. The number of nitrogens with one attached hydrogen (secondary N) is 2. The lowest BCUT2D eigenvalue weighted by Gasteiger charge is -2.16. The summed E-state index contributed by atoms with van der Waals surface area (Å²) in [5.74, 6) is 2.61. The molecule has 0 saturated carbocycles. The summed E-state index contributed by atoms with van der Waals surface area (Å²) < 4.78 is 1.96. The third-order valence-corrected chi connectivity index (χ3v) is 3.56. The number of aryl methyl sites for hydroxylation is 1. The highest BCUT2D eigenvalue weighted by Gasteiger charge is 2.04. The van der Waals surface area contributed by atoms with E-state index < -0.39 is 0 Å². The normalized spacial score (nSPS) is 12.4. The van der Waals surface area contributed by atoms with E-state index in [1.165, 1.54) is 0 Å². The zero-order valence-corrected chi connectivity index (χ0v) is 16.4. The van der Waals surface area contributed by atoms with E-state index in [2.05, 4.69) is 45.5 Å². The number of halogens is 1. The molecule has 0 radical (unpaired) electrons. The van der Waals surface area contributed by atoms with E-state index >= 15 is 0 Å². The van der Waals surface area contributed by atoms with Crippen molar-refractivity contribution in [3.05, 3.63) is 42.1 Å². The molecule has 7 heteroatoms. The second kappa shape index (κ2) is 9.49. The molecule has 0 saturated heterocycles. The van der Waals surface area contributed by atoms with Gasteiger partial charge in [-0.3, -0.25) is 9.56 Å². The minimum Gasteiger partial charge on any atom is -0.354 e. The summed E-state index contributed by atoms with van der Waals surface area (Å²) in [5, 5.41) is 6.63. The first-order valence-corrected chi connectivity index (χ1v) is 7.56. The number of aromatic nitrogens is 3. The molecule has 2 N–H and O–H groups in total. The number of rotatable bonds is 5. The molecule has 2 heterocycles. The van der Waals surface area contributed by atoms with Gasteiger partial charge in [0.25, 0.3) is 0 Å². The number of pyridine rings is 1. The van der Waals surface area contributed by atoms with Crippen molar-refractivity contribution in [3.8, 4) is 5.82 Å². The molecule has 2 aromatic rings. The van der Waals surface area contributed by atoms with Crippen LogP contribution in [-0.4, -0.2) is 33.6 Å². The monoisotopic (exact) mass is 428 g/mol. The highest BCUT2D eigenvalue weighted by molar-refractivity contribution is 14.0. The van der Waals surface area contributed by atoms with Crippen molar-refractivity contribution in [1.82, 2.24) is 25.2 Å². The predicted molar refractivity (Wildman–Crippen MR) is 105 cm³/mol. The van der Waals surface area contributed by atoms with Crippen molar-refractivity contribution in [2.75, 3.05) is 7.05 Å². The molecule has 0 aliphatic heterocycles. The average molecular weight is 428 g/mol. The van der Waals surface area contributed by atoms with Gasteiger partial charge in [0.2, 0.25) is 0 Å². The summed E-state index contributed by atoms with van der Waals surface area (Å²) in [5.41, 5.74) is 1.11. The summed E-state index contributed by atoms with van der Waals surface area (Å²) >= 11 is 0. The van der Waals surface area contributed by atoms with Crippen LogP contribution in [-0.2, 0) is 6.54 Å². The SMILES string of the molecule is CCC(C)NC(=NC)NCc1ccc(-n2ccnc2C)nc1.I. The standard InChI is InChI=1S/C16H24N6.HI/c1-5-12(2)21-16(17-4)20-11-14-6-7-15(19-10-14)22-9-8-18-13(22)3;/h6-10,12H,5,11H2,1-4H3,(H2,17,20,21);1H. The van der Waals surface area contributed by atoms with Crippen LogP contribution in [0.15, 0.2) is 35.7 Å². The zero-order chi connectivity index (χ0) is 15.9. The first-order valence-electron chi connectivity index (χ1n) is 7.56. The lowest BCUT2D eigenvalue weighted by molar-refractivity contribution is 0.624. The number of imidazole rings is 1. The molecule has 0 spiro atoms. The van der Waals surface area contributed by atoms with Gasteiger partial charge in [-0.2, -0.15) is 0 Å². The molecule has 0 aliphatic rings. The van der Waals surface area contributed by atoms with Crippen LogP contribution in [0.3, 0.4) is 0 Å². The first-order chi connectivity index (χ1) is 10.6. The molecule has 126 valence electrons. The molecule has 0 amide bonds. The van der Waals surface area contributed by atoms with E-state index in [1.54, 1.807) is 13.2 Å². The minimum atomic E-state index is 0. The van der Waals surface area contributed by atoms with Crippen LogP contribution in [0.4, 0.5) is 0 Å². The van der Waals surface area contributed by atoms with Crippen LogP contribution in [0, 0.1) is 6.92 Å². The fourth-order valence-corrected chi connectivity index (χ4v) is 2.00. The van der Waals surface area contributed by atoms with Crippen LogP contribution in [0.5, 0.6) is 0 Å². The Morgan fingerprint density at radius 3 is 2.65 bits per heavy atom. The Labute approximate surface area is 154 Å². The van der Waals surface area contributed by atoms with Gasteiger partial charge in [-0.25, -0.2) is 9.97 Å². The highest BCUT2D eigenvalue weighted by Crippen LogP contribution is 2.08. The van der Waals surface area contributed by atoms with Crippen molar-refractivity contribution < 1.29 is 0 Å². The van der Waals surface area contributed by atoms with Crippen LogP contribution >= 0.6 is 24.0 Å². The van der Waals surface area contributed by atoms with E-state index in [0.717, 1.165) is 29.6 Å². The Morgan fingerprint density at radius 1 is 1.35 bits per heavy atom. The van der Waals surface area contributed by atoms with Gasteiger partial charge in [0.05, 0.1) is 0 Å². The van der Waals surface area contributed by atoms with Gasteiger partial charge in [0.1, 0.15) is 11.6 Å². The zero-order valence-electron chi connectivity index (χ0n) is 14.1. The Bertz CT molecular complexity index is 620. The van der Waals surface area contributed by atoms with Crippen LogP contribution < -0.4 is 10.6 Å². The van der Waals surface area contributed by atoms with Crippen LogP contribution in [0.1, 0.15) is 31.7 Å². The Kier molecular flexibility index (Phi) is 8.01. The summed E-state index contributed by atoms with van der Waals surface area (Å²) in [6.45, 7) is 6.93. The van der Waals surface area contributed by atoms with E-state index in [9.17, 15) is 0 Å². The summed E-state index contributed by atoms with van der Waals surface area (Å²) in [7, 11) is 1.78. The van der Waals surface area contributed by atoms with Crippen molar-refractivity contribution in [1.29, 1.82) is 0 Å². The molecule has 0 aliphatic carbocycles. The topological polar surface area (TPSA) is 67.1 Å². The maximum Gasteiger partial charge on any atom is 0.191 e. The molecule has 0 fully saturated rings. The fraction of sp³-hybridized carbons (Fsp3) is 0.438. The molecule has 0 bridgehead atoms. The van der Waals surface area contributed by atoms with Gasteiger partial charge in [-0.15, -0.1) is 24.0 Å². The average Bonchev–Trinajstić information content (AvgIpc) is 2.97. The van der Waals surface area contributed by atoms with Gasteiger partial charge in [-0.1, -0.05) is 13.0 Å². The highest BCUT2D eigenvalue weighted by atomic mass is 127. The number of guanidine groups is 1. The molecule has 6 nitrogen and oxygen atoms in total. The van der Waals surface area contributed by atoms with Gasteiger partial charge in [0.15, 0.2) is 5.96 Å². The smallest absolute Gasteiger partial charge is 0.191 e. The second-order valence-electron chi connectivity index (χ2n) is 5.25. The Hall–Kier alpha value is -1.64. The van der Waals surface area contributed by atoms with E-state index in [4.69, 9.17) is 0 Å². The molecule has 0 aromatic carbocycles. The lowest BCUT2D eigenvalue weighted by Crippen LogP contribution is -2.41. The summed E-state index contributed by atoms with van der Waals surface area (Å²) in [6.07, 6.45) is 6.62. The second-order valence-corrected chi connectivity index (χ2v) is 5.25. The molecule has 1 atom stereocenters. The van der Waals surface area contributed by atoms with E-state index in [0.29, 0.717) is 12.6 Å². The fourth-order valence-electron chi connectivity index (χ4n) is 2.00. The number of hydrogen-bond donors (Lipinski definition) is 2. The molecular formula is C16H25IN6. The summed E-state index contributed by atoms with van der Waals surface area (Å²) in [6, 6.07) is 4.46. The van der Waals surface area contributed by atoms with Crippen molar-refractivity contribution >= 4 is 29.9 Å².